The van der Waals surface area contributed by atoms with E-state index in [9.17, 15) is 27.2 Å². The van der Waals surface area contributed by atoms with Gasteiger partial charge in [0.1, 0.15) is 11.9 Å². The molecule has 10 heteroatoms. The molecule has 1 unspecified atom stereocenters. The number of halogens is 4. The maximum Gasteiger partial charge on any atom is 0.346 e. The molecule has 0 saturated carbocycles. The van der Waals surface area contributed by atoms with Crippen LogP contribution in [0.15, 0.2) is 23.0 Å². The molecule has 3 heterocycles. The molecule has 2 aliphatic heterocycles. The molecular formula is C18H18F4N4O2. The highest BCUT2D eigenvalue weighted by Gasteiger charge is 2.43. The van der Waals surface area contributed by atoms with Crippen molar-refractivity contribution in [3.63, 3.8) is 0 Å². The summed E-state index contributed by atoms with van der Waals surface area (Å²) >= 11 is 0. The van der Waals surface area contributed by atoms with Crippen molar-refractivity contribution in [1.29, 1.82) is 0 Å². The van der Waals surface area contributed by atoms with Gasteiger partial charge in [0.15, 0.2) is 11.6 Å². The second-order valence-corrected chi connectivity index (χ2v) is 7.25. The lowest BCUT2D eigenvalue weighted by Crippen LogP contribution is -2.42. The minimum atomic E-state index is -2.91. The van der Waals surface area contributed by atoms with Gasteiger partial charge in [0.25, 0.3) is 5.92 Å². The molecular weight excluding hydrogens is 380 g/mol. The van der Waals surface area contributed by atoms with Crippen LogP contribution in [0.25, 0.3) is 0 Å². The minimum Gasteiger partial charge on any atom is -0.335 e. The third-order valence-corrected chi connectivity index (χ3v) is 5.21. The zero-order valence-electron chi connectivity index (χ0n) is 14.9. The van der Waals surface area contributed by atoms with Gasteiger partial charge < -0.3 is 4.90 Å². The quantitative estimate of drug-likeness (QED) is 0.745. The van der Waals surface area contributed by atoms with E-state index in [4.69, 9.17) is 0 Å². The predicted octanol–water partition coefficient (Wildman–Crippen LogP) is 2.12. The Balaban J connectivity index is 1.62. The Bertz CT molecular complexity index is 984. The van der Waals surface area contributed by atoms with Crippen LogP contribution in [0.2, 0.25) is 0 Å². The van der Waals surface area contributed by atoms with Crippen LogP contribution in [0.3, 0.4) is 0 Å². The molecule has 0 spiro atoms. The highest BCUT2D eigenvalue weighted by Crippen LogP contribution is 2.31. The predicted molar refractivity (Wildman–Crippen MR) is 90.1 cm³/mol. The van der Waals surface area contributed by atoms with E-state index >= 15 is 0 Å². The van der Waals surface area contributed by atoms with E-state index in [1.54, 1.807) is 0 Å². The van der Waals surface area contributed by atoms with Gasteiger partial charge in [-0.3, -0.25) is 9.36 Å². The summed E-state index contributed by atoms with van der Waals surface area (Å²) in [6.45, 7) is -0.774. The van der Waals surface area contributed by atoms with Gasteiger partial charge in [0, 0.05) is 19.4 Å². The number of rotatable bonds is 3. The summed E-state index contributed by atoms with van der Waals surface area (Å²) in [6.07, 6.45) is 1.05. The molecule has 1 aromatic heterocycles. The van der Waals surface area contributed by atoms with Gasteiger partial charge in [-0.2, -0.15) is 5.10 Å². The smallest absolute Gasteiger partial charge is 0.335 e. The topological polar surface area (TPSA) is 60.1 Å². The van der Waals surface area contributed by atoms with Crippen LogP contribution < -0.4 is 5.69 Å². The van der Waals surface area contributed by atoms with Crippen LogP contribution in [0.4, 0.5) is 17.6 Å². The van der Waals surface area contributed by atoms with Crippen molar-refractivity contribution in [2.45, 2.75) is 44.2 Å². The lowest BCUT2D eigenvalue weighted by Gasteiger charge is -2.27. The molecule has 1 fully saturated rings. The number of fused-ring (bicyclic) bond motifs is 1. The first-order chi connectivity index (χ1) is 13.2. The van der Waals surface area contributed by atoms with Crippen molar-refractivity contribution < 1.29 is 22.4 Å². The number of likely N-dealkylation sites (tertiary alicyclic amines) is 1. The summed E-state index contributed by atoms with van der Waals surface area (Å²) in [5.74, 6) is -5.05. The molecule has 1 saturated heterocycles. The average molecular weight is 398 g/mol. The second kappa shape index (κ2) is 6.75. The van der Waals surface area contributed by atoms with Crippen molar-refractivity contribution >= 4 is 5.91 Å². The summed E-state index contributed by atoms with van der Waals surface area (Å²) in [5, 5.41) is 4.22. The zero-order chi connectivity index (χ0) is 20.1. The Morgan fingerprint density at radius 3 is 2.71 bits per heavy atom. The first-order valence-corrected chi connectivity index (χ1v) is 9.04. The number of carbonyl (C=O) groups is 1. The van der Waals surface area contributed by atoms with Gasteiger partial charge in [0.05, 0.1) is 13.1 Å². The lowest BCUT2D eigenvalue weighted by atomic mass is 10.0. The van der Waals surface area contributed by atoms with E-state index in [2.05, 4.69) is 5.10 Å². The number of amides is 1. The fraction of sp³-hybridized carbons (Fsp3) is 0.500. The maximum absolute atomic E-state index is 13.5. The summed E-state index contributed by atoms with van der Waals surface area (Å²) in [5.41, 5.74) is -0.220. The largest absolute Gasteiger partial charge is 0.346 e. The Morgan fingerprint density at radius 2 is 2.04 bits per heavy atom. The van der Waals surface area contributed by atoms with Gasteiger partial charge in [0.2, 0.25) is 5.91 Å². The Hall–Kier alpha value is -2.65. The normalized spacial score (nSPS) is 21.0. The van der Waals surface area contributed by atoms with Crippen LogP contribution in [0, 0.1) is 11.6 Å². The van der Waals surface area contributed by atoms with Crippen molar-refractivity contribution in [3.8, 4) is 0 Å². The number of benzene rings is 1. The molecule has 150 valence electrons. The third-order valence-electron chi connectivity index (χ3n) is 5.21. The maximum atomic E-state index is 13.5. The Kier molecular flexibility index (Phi) is 4.51. The highest BCUT2D eigenvalue weighted by atomic mass is 19.3. The summed E-state index contributed by atoms with van der Waals surface area (Å²) in [4.78, 5) is 26.7. The van der Waals surface area contributed by atoms with Gasteiger partial charge in [-0.05, 0) is 30.5 Å². The van der Waals surface area contributed by atoms with Gasteiger partial charge in [-0.25, -0.2) is 27.0 Å². The second-order valence-electron chi connectivity index (χ2n) is 7.25. The zero-order valence-corrected chi connectivity index (χ0v) is 14.9. The molecule has 6 nitrogen and oxygen atoms in total. The van der Waals surface area contributed by atoms with Crippen LogP contribution in [0.5, 0.6) is 0 Å². The number of hydrogen-bond acceptors (Lipinski definition) is 3. The van der Waals surface area contributed by atoms with Gasteiger partial charge in [-0.15, -0.1) is 0 Å². The molecule has 0 bridgehead atoms. The fourth-order valence-electron chi connectivity index (χ4n) is 3.81. The molecule has 0 aliphatic carbocycles. The molecule has 4 rings (SSSR count). The summed E-state index contributed by atoms with van der Waals surface area (Å²) in [7, 11) is 0. The van der Waals surface area contributed by atoms with E-state index in [1.165, 1.54) is 10.6 Å². The molecule has 2 aliphatic rings. The first kappa shape index (κ1) is 18.7. The van der Waals surface area contributed by atoms with Crippen molar-refractivity contribution in [3.05, 3.63) is 51.7 Å². The van der Waals surface area contributed by atoms with Crippen molar-refractivity contribution in [1.82, 2.24) is 19.2 Å². The number of carbonyl (C=O) groups excluding carboxylic acids is 1. The molecule has 28 heavy (non-hydrogen) atoms. The first-order valence-electron chi connectivity index (χ1n) is 9.04. The van der Waals surface area contributed by atoms with E-state index < -0.39 is 41.7 Å². The van der Waals surface area contributed by atoms with Crippen LogP contribution in [-0.4, -0.2) is 44.2 Å². The standard InChI is InChI=1S/C18H18F4N4O2/c19-12-5-4-11(8-13(12)20)9-25-17(28)26-14(2-1-3-15(26)23-25)16(27)24-7-6-18(21,22)10-24/h4-5,8,14H,1-3,6-7,9-10H2. The Labute approximate surface area is 157 Å². The van der Waals surface area contributed by atoms with Crippen LogP contribution >= 0.6 is 0 Å². The number of alkyl halides is 2. The number of hydrogen-bond donors (Lipinski definition) is 0. The van der Waals surface area contributed by atoms with Crippen molar-refractivity contribution in [2.24, 2.45) is 0 Å². The van der Waals surface area contributed by atoms with E-state index in [1.807, 2.05) is 0 Å². The molecule has 0 radical (unpaired) electrons. The molecule has 1 amide bonds. The summed E-state index contributed by atoms with van der Waals surface area (Å²) < 4.78 is 55.8. The molecule has 1 aromatic carbocycles. The van der Waals surface area contributed by atoms with Crippen LogP contribution in [0.1, 0.15) is 36.7 Å². The molecule has 1 atom stereocenters. The van der Waals surface area contributed by atoms with E-state index in [-0.39, 0.29) is 19.5 Å². The average Bonchev–Trinajstić information content (AvgIpc) is 3.17. The summed E-state index contributed by atoms with van der Waals surface area (Å²) in [6, 6.07) is 2.42. The Morgan fingerprint density at radius 1 is 1.25 bits per heavy atom. The third kappa shape index (κ3) is 3.31. The highest BCUT2D eigenvalue weighted by molar-refractivity contribution is 5.81. The SMILES string of the molecule is O=C(C1CCCc2nn(Cc3ccc(F)c(F)c3)c(=O)n21)N1CCC(F)(F)C1. The molecule has 2 aromatic rings. The fourth-order valence-corrected chi connectivity index (χ4v) is 3.81. The monoisotopic (exact) mass is 398 g/mol. The lowest BCUT2D eigenvalue weighted by molar-refractivity contribution is -0.135. The van der Waals surface area contributed by atoms with Gasteiger partial charge in [-0.1, -0.05) is 6.07 Å². The number of aryl methyl sites for hydroxylation is 1. The van der Waals surface area contributed by atoms with E-state index in [0.717, 1.165) is 21.7 Å². The van der Waals surface area contributed by atoms with Crippen molar-refractivity contribution in [2.75, 3.05) is 13.1 Å². The van der Waals surface area contributed by atoms with Gasteiger partial charge >= 0.3 is 5.69 Å². The van der Waals surface area contributed by atoms with Crippen LogP contribution in [-0.2, 0) is 17.8 Å². The molecule has 0 N–H and O–H groups in total. The minimum absolute atomic E-state index is 0.0462. The van der Waals surface area contributed by atoms with E-state index in [0.29, 0.717) is 30.7 Å². The number of nitrogens with zero attached hydrogens (tertiary/aromatic N) is 4. The number of aromatic nitrogens is 3.